The second kappa shape index (κ2) is 8.74. The van der Waals surface area contributed by atoms with Crippen molar-refractivity contribution in [3.8, 4) is 0 Å². The van der Waals surface area contributed by atoms with Crippen molar-refractivity contribution in [2.24, 2.45) is 0 Å². The Morgan fingerprint density at radius 1 is 0.970 bits per heavy atom. The number of nitrogens with zero attached hydrogens (tertiary/aromatic N) is 2. The van der Waals surface area contributed by atoms with Gasteiger partial charge >= 0.3 is 5.63 Å². The molecule has 0 bridgehead atoms. The van der Waals surface area contributed by atoms with Gasteiger partial charge in [0, 0.05) is 24.0 Å². The number of aryl methyl sites for hydroxylation is 3. The fourth-order valence-electron chi connectivity index (χ4n) is 4.10. The van der Waals surface area contributed by atoms with Crippen molar-refractivity contribution in [3.63, 3.8) is 0 Å². The molecule has 0 aliphatic rings. The van der Waals surface area contributed by atoms with Gasteiger partial charge in [-0.2, -0.15) is 0 Å². The van der Waals surface area contributed by atoms with Crippen molar-refractivity contribution in [2.45, 2.75) is 26.3 Å². The van der Waals surface area contributed by atoms with Crippen molar-refractivity contribution in [3.05, 3.63) is 106 Å². The topological polar surface area (TPSA) is 77.1 Å². The maximum atomic E-state index is 12.6. The lowest BCUT2D eigenvalue weighted by Gasteiger charge is -2.08. The van der Waals surface area contributed by atoms with Crippen LogP contribution in [-0.4, -0.2) is 15.5 Å². The number of hydrogen-bond donors (Lipinski definition) is 1. The zero-order valence-electron chi connectivity index (χ0n) is 18.2. The maximum Gasteiger partial charge on any atom is 0.349 e. The molecule has 0 saturated carbocycles. The van der Waals surface area contributed by atoms with E-state index in [9.17, 15) is 9.59 Å². The number of hydrogen-bond acceptors (Lipinski definition) is 4. The largest absolute Gasteiger partial charge is 0.422 e. The van der Waals surface area contributed by atoms with Crippen molar-refractivity contribution in [1.29, 1.82) is 0 Å². The lowest BCUT2D eigenvalue weighted by atomic mass is 10.1. The van der Waals surface area contributed by atoms with Crippen LogP contribution in [0.4, 0.5) is 5.69 Å². The molecule has 3 aromatic carbocycles. The Kier molecular flexibility index (Phi) is 5.48. The summed E-state index contributed by atoms with van der Waals surface area (Å²) in [5.74, 6) is 0.582. The summed E-state index contributed by atoms with van der Waals surface area (Å²) in [6.07, 6.45) is 1.66. The molecule has 164 valence electrons. The molecule has 0 aliphatic carbocycles. The smallest absolute Gasteiger partial charge is 0.349 e. The van der Waals surface area contributed by atoms with Gasteiger partial charge in [0.15, 0.2) is 0 Å². The highest BCUT2D eigenvalue weighted by atomic mass is 16.4. The lowest BCUT2D eigenvalue weighted by molar-refractivity contribution is 0.102. The first-order chi connectivity index (χ1) is 16.1. The third-order valence-corrected chi connectivity index (χ3v) is 5.78. The Balaban J connectivity index is 1.28. The molecule has 0 saturated heterocycles. The Labute approximate surface area is 190 Å². The molecule has 0 atom stereocenters. The van der Waals surface area contributed by atoms with E-state index in [2.05, 4.69) is 22.9 Å². The number of carbonyl (C=O) groups excluding carboxylic acids is 1. The summed E-state index contributed by atoms with van der Waals surface area (Å²) in [5.41, 5.74) is 3.74. The first kappa shape index (κ1) is 20.7. The predicted molar refractivity (Wildman–Crippen MR) is 130 cm³/mol. The van der Waals surface area contributed by atoms with Gasteiger partial charge in [0.05, 0.1) is 11.0 Å². The van der Waals surface area contributed by atoms with Gasteiger partial charge in [-0.3, -0.25) is 4.79 Å². The van der Waals surface area contributed by atoms with E-state index in [1.165, 1.54) is 0 Å². The fraction of sp³-hybridized carbons (Fsp3) is 0.148. The Morgan fingerprint density at radius 2 is 1.73 bits per heavy atom. The summed E-state index contributed by atoms with van der Waals surface area (Å²) in [5, 5.41) is 3.49. The van der Waals surface area contributed by atoms with Gasteiger partial charge in [-0.25, -0.2) is 9.78 Å². The van der Waals surface area contributed by atoms with Crippen molar-refractivity contribution >= 4 is 33.6 Å². The average Bonchev–Trinajstić information content (AvgIpc) is 3.20. The minimum absolute atomic E-state index is 0.0174. The molecule has 2 aromatic heterocycles. The molecule has 5 aromatic rings. The number of nitrogens with one attached hydrogen (secondary N) is 1. The molecule has 0 spiro atoms. The maximum absolute atomic E-state index is 12.6. The first-order valence-electron chi connectivity index (χ1n) is 11.0. The quantitative estimate of drug-likeness (QED) is 0.371. The molecule has 0 fully saturated rings. The fourth-order valence-corrected chi connectivity index (χ4v) is 4.10. The number of carbonyl (C=O) groups is 1. The summed E-state index contributed by atoms with van der Waals surface area (Å²) in [6.45, 7) is 3.01. The predicted octanol–water partition coefficient (Wildman–Crippen LogP) is 5.20. The molecule has 33 heavy (non-hydrogen) atoms. The SMILES string of the molecule is CCn1c(CCc2ccc(NC(=O)c3cc4ccccc4oc3=O)cc2)nc2ccccc21. The minimum Gasteiger partial charge on any atom is -0.422 e. The van der Waals surface area contributed by atoms with Crippen molar-refractivity contribution in [1.82, 2.24) is 9.55 Å². The highest BCUT2D eigenvalue weighted by Crippen LogP contribution is 2.19. The van der Waals surface area contributed by atoms with Crippen LogP contribution in [0.1, 0.15) is 28.7 Å². The van der Waals surface area contributed by atoms with Crippen LogP contribution in [0.5, 0.6) is 0 Å². The molecule has 0 unspecified atom stereocenters. The van der Waals surface area contributed by atoms with Crippen LogP contribution in [-0.2, 0) is 19.4 Å². The molecule has 1 amide bonds. The van der Waals surface area contributed by atoms with E-state index in [-0.39, 0.29) is 5.56 Å². The van der Waals surface area contributed by atoms with Gasteiger partial charge in [0.1, 0.15) is 17.0 Å². The van der Waals surface area contributed by atoms with Crippen LogP contribution in [0, 0.1) is 0 Å². The Hall–Kier alpha value is -4.19. The second-order valence-electron chi connectivity index (χ2n) is 7.90. The Bertz CT molecular complexity index is 1510. The third-order valence-electron chi connectivity index (χ3n) is 5.78. The Morgan fingerprint density at radius 3 is 2.55 bits per heavy atom. The summed E-state index contributed by atoms with van der Waals surface area (Å²) in [4.78, 5) is 29.7. The first-order valence-corrected chi connectivity index (χ1v) is 11.0. The van der Waals surface area contributed by atoms with Gasteiger partial charge in [-0.1, -0.05) is 42.5 Å². The molecule has 6 nitrogen and oxygen atoms in total. The van der Waals surface area contributed by atoms with Crippen LogP contribution in [0.25, 0.3) is 22.0 Å². The second-order valence-corrected chi connectivity index (χ2v) is 7.90. The number of amides is 1. The van der Waals surface area contributed by atoms with Gasteiger partial charge in [-0.05, 0) is 55.3 Å². The summed E-state index contributed by atoms with van der Waals surface area (Å²) in [7, 11) is 0. The normalized spacial score (nSPS) is 11.2. The molecular formula is C27H23N3O3. The van der Waals surface area contributed by atoms with Crippen LogP contribution in [0.3, 0.4) is 0 Å². The summed E-state index contributed by atoms with van der Waals surface area (Å²) >= 11 is 0. The van der Waals surface area contributed by atoms with Gasteiger partial charge in [0.2, 0.25) is 0 Å². The van der Waals surface area contributed by atoms with Gasteiger partial charge < -0.3 is 14.3 Å². The number of benzene rings is 3. The third kappa shape index (κ3) is 4.15. The number of aromatic nitrogens is 2. The monoisotopic (exact) mass is 437 g/mol. The summed E-state index contributed by atoms with van der Waals surface area (Å²) in [6, 6.07) is 24.5. The number of imidazole rings is 1. The summed E-state index contributed by atoms with van der Waals surface area (Å²) < 4.78 is 7.51. The average molecular weight is 437 g/mol. The van der Waals surface area contributed by atoms with E-state index in [1.807, 2.05) is 48.5 Å². The molecule has 5 rings (SSSR count). The highest BCUT2D eigenvalue weighted by Gasteiger charge is 2.14. The van der Waals surface area contributed by atoms with Crippen LogP contribution in [0.2, 0.25) is 0 Å². The molecule has 6 heteroatoms. The van der Waals surface area contributed by atoms with Crippen LogP contribution >= 0.6 is 0 Å². The molecule has 0 radical (unpaired) electrons. The number of anilines is 1. The lowest BCUT2D eigenvalue weighted by Crippen LogP contribution is -2.20. The van der Waals surface area contributed by atoms with E-state index in [0.29, 0.717) is 16.7 Å². The molecule has 0 aliphatic heterocycles. The van der Waals surface area contributed by atoms with Gasteiger partial charge in [0.25, 0.3) is 5.91 Å². The van der Waals surface area contributed by atoms with E-state index < -0.39 is 11.5 Å². The number of para-hydroxylation sites is 3. The zero-order chi connectivity index (χ0) is 22.8. The number of fused-ring (bicyclic) bond motifs is 2. The van der Waals surface area contributed by atoms with Crippen molar-refractivity contribution in [2.75, 3.05) is 5.32 Å². The van der Waals surface area contributed by atoms with E-state index in [4.69, 9.17) is 9.40 Å². The van der Waals surface area contributed by atoms with E-state index in [0.717, 1.165) is 41.8 Å². The standard InChI is InChI=1S/C27H23N3O3/c1-2-30-23-9-5-4-8-22(23)29-25(30)16-13-18-11-14-20(15-12-18)28-26(31)21-17-19-7-3-6-10-24(19)33-27(21)32/h3-12,14-15,17H,2,13,16H2,1H3,(H,28,31). The van der Waals surface area contributed by atoms with Crippen molar-refractivity contribution < 1.29 is 9.21 Å². The molecular weight excluding hydrogens is 414 g/mol. The van der Waals surface area contributed by atoms with E-state index >= 15 is 0 Å². The highest BCUT2D eigenvalue weighted by molar-refractivity contribution is 6.05. The molecule has 1 N–H and O–H groups in total. The van der Waals surface area contributed by atoms with E-state index in [1.54, 1.807) is 24.3 Å². The minimum atomic E-state index is -0.651. The zero-order valence-corrected chi connectivity index (χ0v) is 18.2. The van der Waals surface area contributed by atoms with Crippen LogP contribution in [0.15, 0.2) is 88.1 Å². The molecule has 2 heterocycles. The van der Waals surface area contributed by atoms with Gasteiger partial charge in [-0.15, -0.1) is 0 Å². The van der Waals surface area contributed by atoms with Crippen LogP contribution < -0.4 is 10.9 Å². The number of rotatable bonds is 6.